The lowest BCUT2D eigenvalue weighted by Gasteiger charge is -2.36. The summed E-state index contributed by atoms with van der Waals surface area (Å²) in [5, 5.41) is 1.16. The Morgan fingerprint density at radius 1 is 1.14 bits per heavy atom. The number of alkyl halides is 1. The molecule has 0 atom stereocenters. The predicted molar refractivity (Wildman–Crippen MR) is 135 cm³/mol. The Morgan fingerprint density at radius 2 is 1.89 bits per heavy atom. The van der Waals surface area contributed by atoms with Gasteiger partial charge < -0.3 is 14.5 Å². The van der Waals surface area contributed by atoms with Gasteiger partial charge in [-0.25, -0.2) is 8.42 Å². The molecule has 7 nitrogen and oxygen atoms in total. The molecule has 1 aromatic heterocycles. The number of amides is 1. The fraction of sp³-hybridized carbons (Fsp3) is 0.440. The lowest BCUT2D eigenvalue weighted by molar-refractivity contribution is 0.0740. The number of hydrogen-bond donors (Lipinski definition) is 0. The van der Waals surface area contributed by atoms with Crippen molar-refractivity contribution in [2.24, 2.45) is 5.41 Å². The van der Waals surface area contributed by atoms with Gasteiger partial charge in [0.15, 0.2) is 9.84 Å². The van der Waals surface area contributed by atoms with Crippen LogP contribution in [0.5, 0.6) is 5.75 Å². The molecule has 2 aromatic carbocycles. The van der Waals surface area contributed by atoms with E-state index in [1.807, 2.05) is 6.92 Å². The highest BCUT2D eigenvalue weighted by Crippen LogP contribution is 2.46. The largest absolute Gasteiger partial charge is 0.492 e. The minimum Gasteiger partial charge on any atom is -0.492 e. The van der Waals surface area contributed by atoms with Crippen LogP contribution in [0.3, 0.4) is 0 Å². The maximum absolute atomic E-state index is 13.5. The number of carbonyl (C=O) groups is 1. The first kappa shape index (κ1) is 24.0. The van der Waals surface area contributed by atoms with Crippen LogP contribution in [-0.2, 0) is 9.84 Å². The fourth-order valence-electron chi connectivity index (χ4n) is 4.34. The molecule has 2 fully saturated rings. The van der Waals surface area contributed by atoms with E-state index in [2.05, 4.69) is 27.5 Å². The van der Waals surface area contributed by atoms with Crippen LogP contribution in [0.15, 0.2) is 41.3 Å². The van der Waals surface area contributed by atoms with Gasteiger partial charge in [-0.15, -0.1) is 0 Å². The van der Waals surface area contributed by atoms with Crippen LogP contribution >= 0.6 is 11.5 Å². The van der Waals surface area contributed by atoms with Gasteiger partial charge in [0.05, 0.1) is 34.1 Å². The zero-order valence-electron chi connectivity index (χ0n) is 19.8. The third-order valence-corrected chi connectivity index (χ3v) is 8.96. The summed E-state index contributed by atoms with van der Waals surface area (Å²) in [5.41, 5.74) is 1.86. The monoisotopic (exact) mass is 517 g/mol. The smallest absolute Gasteiger partial charge is 0.257 e. The molecule has 0 radical (unpaired) electrons. The number of piperazine rings is 1. The van der Waals surface area contributed by atoms with E-state index in [1.165, 1.54) is 29.7 Å². The number of anilines is 1. The molecular weight excluding hydrogens is 489 g/mol. The van der Waals surface area contributed by atoms with E-state index in [4.69, 9.17) is 4.74 Å². The van der Waals surface area contributed by atoms with Gasteiger partial charge >= 0.3 is 0 Å². The number of nitrogens with zero attached hydrogens (tertiary/aromatic N) is 3. The molecule has 0 unspecified atom stereocenters. The van der Waals surface area contributed by atoms with Crippen molar-refractivity contribution in [3.8, 4) is 5.75 Å². The Kier molecular flexibility index (Phi) is 6.21. The highest BCUT2D eigenvalue weighted by atomic mass is 32.2. The number of aromatic nitrogens is 1. The number of fused-ring (bicyclic) bond motifs is 1. The molecule has 1 saturated carbocycles. The summed E-state index contributed by atoms with van der Waals surface area (Å²) in [6.45, 7) is 4.01. The molecule has 1 saturated heterocycles. The van der Waals surface area contributed by atoms with Crippen molar-refractivity contribution in [2.45, 2.75) is 24.7 Å². The normalized spacial score (nSPS) is 17.6. The zero-order chi connectivity index (χ0) is 24.8. The second kappa shape index (κ2) is 9.05. The van der Waals surface area contributed by atoms with Gasteiger partial charge in [0.25, 0.3) is 5.91 Å². The molecule has 0 N–H and O–H groups in total. The maximum atomic E-state index is 13.5. The molecule has 10 heteroatoms. The number of benzene rings is 2. The van der Waals surface area contributed by atoms with Crippen molar-refractivity contribution in [3.05, 3.63) is 47.7 Å². The van der Waals surface area contributed by atoms with E-state index in [9.17, 15) is 17.6 Å². The summed E-state index contributed by atoms with van der Waals surface area (Å²) in [5.74, 6) is 0.0272. The minimum absolute atomic E-state index is 0.0617. The molecular formula is C25H28FN3O4S2. The Balaban J connectivity index is 1.33. The average Bonchev–Trinajstić information content (AvgIpc) is 3.56. The summed E-state index contributed by atoms with van der Waals surface area (Å²) in [6, 6.07) is 10.6. The Labute approximate surface area is 208 Å². The molecule has 2 aliphatic rings. The van der Waals surface area contributed by atoms with E-state index >= 15 is 0 Å². The van der Waals surface area contributed by atoms with Gasteiger partial charge in [-0.05, 0) is 67.7 Å². The van der Waals surface area contributed by atoms with E-state index in [1.54, 1.807) is 4.90 Å². The number of ether oxygens (including phenoxy) is 1. The highest BCUT2D eigenvalue weighted by molar-refractivity contribution is 7.90. The Bertz CT molecular complexity index is 1380. The third-order valence-electron chi connectivity index (χ3n) is 6.95. The van der Waals surface area contributed by atoms with Crippen LogP contribution in [0.2, 0.25) is 0 Å². The van der Waals surface area contributed by atoms with Crippen molar-refractivity contribution in [1.29, 1.82) is 0 Å². The number of hydrogen-bond acceptors (Lipinski definition) is 7. The van der Waals surface area contributed by atoms with Crippen molar-refractivity contribution >= 4 is 43.1 Å². The second-order valence-corrected chi connectivity index (χ2v) is 12.4. The number of sulfone groups is 1. The number of carbonyl (C=O) groups excluding carboxylic acids is 1. The number of rotatable bonds is 7. The van der Waals surface area contributed by atoms with Crippen LogP contribution in [-0.4, -0.2) is 69.3 Å². The summed E-state index contributed by atoms with van der Waals surface area (Å²) in [4.78, 5) is 17.5. The standard InChI is InChI=1S/C25H28FN3O4S2/c1-17-20-5-3-18(13-23(20)34-27-17)28-9-11-29(12-10-28)24(30)21-14-19(35(2,31)32)4-6-22(21)33-16-25(15-26)7-8-25/h3-6,13-14H,7-12,15-16H2,1-2H3. The SMILES string of the molecule is Cc1nsc2cc(N3CCN(C(=O)c4cc(S(C)(=O)=O)ccc4OCC4(CF)CC4)CC3)ccc12. The van der Waals surface area contributed by atoms with Crippen molar-refractivity contribution in [1.82, 2.24) is 9.27 Å². The highest BCUT2D eigenvalue weighted by Gasteiger charge is 2.44. The van der Waals surface area contributed by atoms with Crippen LogP contribution in [0.4, 0.5) is 10.1 Å². The van der Waals surface area contributed by atoms with Gasteiger partial charge in [-0.1, -0.05) is 0 Å². The van der Waals surface area contributed by atoms with Gasteiger partial charge in [0.2, 0.25) is 0 Å². The lowest BCUT2D eigenvalue weighted by Crippen LogP contribution is -2.48. The zero-order valence-corrected chi connectivity index (χ0v) is 21.4. The van der Waals surface area contributed by atoms with Gasteiger partial charge in [-0.2, -0.15) is 4.37 Å². The first-order valence-corrected chi connectivity index (χ1v) is 14.3. The molecule has 1 aliphatic heterocycles. The molecule has 0 bridgehead atoms. The Hall–Kier alpha value is -2.72. The third kappa shape index (κ3) is 4.86. The van der Waals surface area contributed by atoms with Gasteiger partial charge in [-0.3, -0.25) is 9.18 Å². The van der Waals surface area contributed by atoms with E-state index in [-0.39, 0.29) is 23.0 Å². The minimum atomic E-state index is -3.50. The summed E-state index contributed by atoms with van der Waals surface area (Å²) in [7, 11) is -3.50. The fourth-order valence-corrected chi connectivity index (χ4v) is 5.81. The topological polar surface area (TPSA) is 79.8 Å². The van der Waals surface area contributed by atoms with Crippen LogP contribution in [0.25, 0.3) is 10.1 Å². The molecule has 5 rings (SSSR count). The predicted octanol–water partition coefficient (Wildman–Crippen LogP) is 4.10. The maximum Gasteiger partial charge on any atom is 0.257 e. The molecule has 3 aromatic rings. The molecule has 1 amide bonds. The van der Waals surface area contributed by atoms with Crippen molar-refractivity contribution in [3.63, 3.8) is 0 Å². The van der Waals surface area contributed by atoms with Crippen LogP contribution < -0.4 is 9.64 Å². The van der Waals surface area contributed by atoms with E-state index in [0.717, 1.165) is 40.6 Å². The molecule has 186 valence electrons. The van der Waals surface area contributed by atoms with Gasteiger partial charge in [0, 0.05) is 48.9 Å². The van der Waals surface area contributed by atoms with Crippen molar-refractivity contribution in [2.75, 3.05) is 50.6 Å². The summed E-state index contributed by atoms with van der Waals surface area (Å²) >= 11 is 1.48. The molecule has 1 aliphatic carbocycles. The molecule has 0 spiro atoms. The quantitative estimate of drug-likeness (QED) is 0.470. The van der Waals surface area contributed by atoms with Crippen molar-refractivity contribution < 1.29 is 22.3 Å². The average molecular weight is 518 g/mol. The summed E-state index contributed by atoms with van der Waals surface area (Å²) in [6.07, 6.45) is 2.62. The molecule has 35 heavy (non-hydrogen) atoms. The van der Waals surface area contributed by atoms with E-state index in [0.29, 0.717) is 31.9 Å². The number of aryl methyl sites for hydroxylation is 1. The Morgan fingerprint density at radius 3 is 2.54 bits per heavy atom. The lowest BCUT2D eigenvalue weighted by atomic mass is 10.1. The second-order valence-electron chi connectivity index (χ2n) is 9.58. The first-order chi connectivity index (χ1) is 16.7. The van der Waals surface area contributed by atoms with Gasteiger partial charge in [0.1, 0.15) is 5.75 Å². The first-order valence-electron chi connectivity index (χ1n) is 11.6. The van der Waals surface area contributed by atoms with Crippen LogP contribution in [0.1, 0.15) is 28.9 Å². The summed E-state index contributed by atoms with van der Waals surface area (Å²) < 4.78 is 49.0. The van der Waals surface area contributed by atoms with Crippen LogP contribution in [0, 0.1) is 12.3 Å². The van der Waals surface area contributed by atoms with E-state index < -0.39 is 21.9 Å². The molecule has 2 heterocycles. The number of halogens is 1.